The summed E-state index contributed by atoms with van der Waals surface area (Å²) in [5.41, 5.74) is -1.51. The zero-order valence-corrected chi connectivity index (χ0v) is 17.9. The van der Waals surface area contributed by atoms with Gasteiger partial charge in [-0.15, -0.1) is 0 Å². The second kappa shape index (κ2) is 9.21. The van der Waals surface area contributed by atoms with E-state index in [9.17, 15) is 26.3 Å². The van der Waals surface area contributed by atoms with E-state index in [4.69, 9.17) is 0 Å². The topological polar surface area (TPSA) is 50.2 Å². The van der Waals surface area contributed by atoms with Crippen molar-refractivity contribution in [2.45, 2.75) is 33.1 Å². The second-order valence-electron chi connectivity index (χ2n) is 7.28. The van der Waals surface area contributed by atoms with Crippen molar-refractivity contribution in [3.8, 4) is 11.4 Å². The van der Waals surface area contributed by atoms with Crippen LogP contribution in [-0.2, 0) is 12.4 Å². The highest BCUT2D eigenvalue weighted by Crippen LogP contribution is 2.38. The van der Waals surface area contributed by atoms with Gasteiger partial charge in [-0.25, -0.2) is 9.97 Å². The summed E-state index contributed by atoms with van der Waals surface area (Å²) in [5.74, 6) is -0.0147. The predicted octanol–water partition coefficient (Wildman–Crippen LogP) is 7.13. The van der Waals surface area contributed by atoms with Crippen molar-refractivity contribution < 1.29 is 26.3 Å². The Hall–Kier alpha value is -3.43. The highest BCUT2D eigenvalue weighted by atomic mass is 19.4. The van der Waals surface area contributed by atoms with E-state index in [0.717, 1.165) is 5.71 Å². The summed E-state index contributed by atoms with van der Waals surface area (Å²) in [7, 11) is 0. The van der Waals surface area contributed by atoms with Crippen molar-refractivity contribution in [1.29, 1.82) is 0 Å². The van der Waals surface area contributed by atoms with Gasteiger partial charge in [-0.2, -0.15) is 26.3 Å². The van der Waals surface area contributed by atoms with Gasteiger partial charge in [-0.3, -0.25) is 4.99 Å². The van der Waals surface area contributed by atoms with Crippen LogP contribution in [0.4, 0.5) is 32.2 Å². The molecule has 33 heavy (non-hydrogen) atoms. The van der Waals surface area contributed by atoms with Gasteiger partial charge in [0.15, 0.2) is 5.82 Å². The molecule has 1 N–H and O–H groups in total. The third-order valence-corrected chi connectivity index (χ3v) is 4.60. The molecule has 0 aliphatic rings. The average molecular weight is 466 g/mol. The Balaban J connectivity index is 2.20. The number of hydrogen-bond acceptors (Lipinski definition) is 4. The van der Waals surface area contributed by atoms with E-state index < -0.39 is 29.0 Å². The van der Waals surface area contributed by atoms with E-state index in [2.05, 4.69) is 20.3 Å². The number of benzene rings is 2. The summed E-state index contributed by atoms with van der Waals surface area (Å²) in [6, 6.07) is 8.00. The minimum Gasteiger partial charge on any atom is -0.343 e. The van der Waals surface area contributed by atoms with Gasteiger partial charge in [0.25, 0.3) is 0 Å². The van der Waals surface area contributed by atoms with Crippen LogP contribution in [0.1, 0.15) is 31.9 Å². The summed E-state index contributed by atoms with van der Waals surface area (Å²) in [6.45, 7) is 6.03. The van der Waals surface area contributed by atoms with Crippen LogP contribution in [0.25, 0.3) is 22.3 Å². The molecule has 0 bridgehead atoms. The molecule has 0 saturated heterocycles. The summed E-state index contributed by atoms with van der Waals surface area (Å²) < 4.78 is 79.8. The zero-order valence-electron chi connectivity index (χ0n) is 17.9. The highest BCUT2D eigenvalue weighted by Gasteiger charge is 2.37. The molecule has 1 heterocycles. The molecule has 0 fully saturated rings. The quantitative estimate of drug-likeness (QED) is 0.321. The van der Waals surface area contributed by atoms with E-state index in [1.165, 1.54) is 0 Å². The Kier molecular flexibility index (Phi) is 6.76. The van der Waals surface area contributed by atoms with Crippen LogP contribution in [0.15, 0.2) is 59.2 Å². The SMILES string of the molecule is CCN=C(C)/C=C(\C)Nc1nc(-c2cc(C(F)(F)F)cc(C(F)(F)F)c2)nc2ccccc12. The number of alkyl halides is 6. The molecule has 0 radical (unpaired) electrons. The number of anilines is 1. The van der Waals surface area contributed by atoms with Crippen molar-refractivity contribution >= 4 is 22.4 Å². The van der Waals surface area contributed by atoms with Gasteiger partial charge in [0.1, 0.15) is 5.82 Å². The Morgan fingerprint density at radius 3 is 2.12 bits per heavy atom. The fourth-order valence-electron chi connectivity index (χ4n) is 3.22. The van der Waals surface area contributed by atoms with Crippen LogP contribution in [0.3, 0.4) is 0 Å². The first kappa shape index (κ1) is 24.2. The minimum atomic E-state index is -4.97. The van der Waals surface area contributed by atoms with Crippen LogP contribution >= 0.6 is 0 Å². The van der Waals surface area contributed by atoms with Crippen LogP contribution in [0.2, 0.25) is 0 Å². The van der Waals surface area contributed by atoms with Gasteiger partial charge in [-0.05, 0) is 57.2 Å². The maximum absolute atomic E-state index is 13.3. The molecule has 1 aromatic heterocycles. The monoisotopic (exact) mass is 466 g/mol. The Bertz CT molecular complexity index is 1190. The summed E-state index contributed by atoms with van der Waals surface area (Å²) >= 11 is 0. The van der Waals surface area contributed by atoms with E-state index >= 15 is 0 Å². The standard InChI is InChI=1S/C23H20F6N4/c1-4-30-13(2)9-14(3)31-21-18-7-5-6-8-19(18)32-20(33-21)15-10-16(22(24,25)26)12-17(11-15)23(27,28)29/h5-12H,4H2,1-3H3,(H,31,32,33)/b14-9+,30-13?. The first-order valence-corrected chi connectivity index (χ1v) is 9.91. The highest BCUT2D eigenvalue weighted by molar-refractivity contribution is 5.95. The maximum Gasteiger partial charge on any atom is 0.416 e. The lowest BCUT2D eigenvalue weighted by Gasteiger charge is -2.15. The number of rotatable bonds is 5. The van der Waals surface area contributed by atoms with E-state index in [1.54, 1.807) is 44.2 Å². The first-order chi connectivity index (χ1) is 15.4. The van der Waals surface area contributed by atoms with E-state index in [-0.39, 0.29) is 17.7 Å². The smallest absolute Gasteiger partial charge is 0.343 e. The lowest BCUT2D eigenvalue weighted by atomic mass is 10.0. The average Bonchev–Trinajstić information content (AvgIpc) is 2.72. The molecule has 0 atom stereocenters. The van der Waals surface area contributed by atoms with E-state index in [0.29, 0.717) is 35.3 Å². The molecular weight excluding hydrogens is 446 g/mol. The van der Waals surface area contributed by atoms with Crippen molar-refractivity contribution in [2.75, 3.05) is 11.9 Å². The number of hydrogen-bond donors (Lipinski definition) is 1. The summed E-state index contributed by atoms with van der Waals surface area (Å²) in [6.07, 6.45) is -8.18. The predicted molar refractivity (Wildman–Crippen MR) is 116 cm³/mol. The number of para-hydroxylation sites is 1. The molecule has 0 amide bonds. The molecule has 3 aromatic rings. The maximum atomic E-state index is 13.3. The molecular formula is C23H20F6N4. The Morgan fingerprint density at radius 1 is 0.939 bits per heavy atom. The fourth-order valence-corrected chi connectivity index (χ4v) is 3.22. The summed E-state index contributed by atoms with van der Waals surface area (Å²) in [4.78, 5) is 12.7. The van der Waals surface area contributed by atoms with Gasteiger partial charge < -0.3 is 5.32 Å². The summed E-state index contributed by atoms with van der Waals surface area (Å²) in [5, 5.41) is 3.62. The number of allylic oxidation sites excluding steroid dienone is 2. The Labute approximate surface area is 186 Å². The van der Waals surface area contributed by atoms with Crippen LogP contribution < -0.4 is 5.32 Å². The largest absolute Gasteiger partial charge is 0.416 e. The van der Waals surface area contributed by atoms with E-state index in [1.807, 2.05) is 6.92 Å². The van der Waals surface area contributed by atoms with Crippen LogP contribution in [0.5, 0.6) is 0 Å². The number of fused-ring (bicyclic) bond motifs is 1. The van der Waals surface area contributed by atoms with Gasteiger partial charge in [0.05, 0.1) is 16.6 Å². The van der Waals surface area contributed by atoms with Crippen LogP contribution in [0, 0.1) is 0 Å². The van der Waals surface area contributed by atoms with Crippen molar-refractivity contribution in [3.05, 3.63) is 65.4 Å². The van der Waals surface area contributed by atoms with Crippen molar-refractivity contribution in [2.24, 2.45) is 4.99 Å². The van der Waals surface area contributed by atoms with Crippen molar-refractivity contribution in [3.63, 3.8) is 0 Å². The fraction of sp³-hybridized carbons (Fsp3) is 0.261. The molecule has 10 heteroatoms. The van der Waals surface area contributed by atoms with Gasteiger partial charge in [0, 0.05) is 28.9 Å². The minimum absolute atomic E-state index is 0.0758. The van der Waals surface area contributed by atoms with Gasteiger partial charge in [-0.1, -0.05) is 12.1 Å². The molecule has 0 aliphatic heterocycles. The van der Waals surface area contributed by atoms with Gasteiger partial charge in [0.2, 0.25) is 0 Å². The zero-order chi connectivity index (χ0) is 24.4. The second-order valence-corrected chi connectivity index (χ2v) is 7.28. The van der Waals surface area contributed by atoms with Crippen molar-refractivity contribution in [1.82, 2.24) is 9.97 Å². The molecule has 0 unspecified atom stereocenters. The number of aromatic nitrogens is 2. The number of halogens is 6. The molecule has 4 nitrogen and oxygen atoms in total. The lowest BCUT2D eigenvalue weighted by Crippen LogP contribution is -2.11. The number of aliphatic imine (C=N–C) groups is 1. The van der Waals surface area contributed by atoms with Gasteiger partial charge >= 0.3 is 12.4 Å². The number of nitrogens with one attached hydrogen (secondary N) is 1. The molecule has 0 saturated carbocycles. The number of nitrogens with zero attached hydrogens (tertiary/aromatic N) is 3. The first-order valence-electron chi connectivity index (χ1n) is 9.91. The third-order valence-electron chi connectivity index (χ3n) is 4.60. The van der Waals surface area contributed by atoms with Crippen LogP contribution in [-0.4, -0.2) is 22.2 Å². The molecule has 2 aromatic carbocycles. The molecule has 3 rings (SSSR count). The molecule has 0 aliphatic carbocycles. The molecule has 174 valence electrons. The third kappa shape index (κ3) is 5.88. The Morgan fingerprint density at radius 2 is 1.55 bits per heavy atom. The lowest BCUT2D eigenvalue weighted by molar-refractivity contribution is -0.143. The molecule has 0 spiro atoms. The normalized spacial score (nSPS) is 13.5.